The molecule has 0 unspecified atom stereocenters. The Morgan fingerprint density at radius 2 is 1.85 bits per heavy atom. The van der Waals surface area contributed by atoms with E-state index in [1.165, 1.54) is 6.20 Å². The Balaban J connectivity index is 1.96. The van der Waals surface area contributed by atoms with E-state index in [0.29, 0.717) is 15.6 Å². The van der Waals surface area contributed by atoms with Gasteiger partial charge in [-0.25, -0.2) is 4.79 Å². The smallest absolute Gasteiger partial charge is 0.340 e. The molecule has 0 bridgehead atoms. The van der Waals surface area contributed by atoms with Crippen molar-refractivity contribution in [2.24, 2.45) is 0 Å². The first-order valence-electron chi connectivity index (χ1n) is 5.94. The molecule has 0 aliphatic carbocycles. The van der Waals surface area contributed by atoms with Crippen molar-refractivity contribution in [2.45, 2.75) is 6.92 Å². The summed E-state index contributed by atoms with van der Waals surface area (Å²) in [5.41, 5.74) is 1.89. The molecule has 0 saturated heterocycles. The molecule has 0 amide bonds. The van der Waals surface area contributed by atoms with Crippen molar-refractivity contribution < 1.29 is 14.3 Å². The third kappa shape index (κ3) is 3.74. The maximum atomic E-state index is 11.9. The number of ketones is 1. The van der Waals surface area contributed by atoms with Crippen LogP contribution < -0.4 is 0 Å². The molecule has 2 rings (SSSR count). The minimum atomic E-state index is -0.570. The standard InChI is InChI=1S/C15H12BrNO3/c1-10-2-4-11(5-3-10)14(18)9-20-15(19)12-6-13(16)8-17-7-12/h2-8H,9H2,1H3. The number of hydrogen-bond acceptors (Lipinski definition) is 4. The van der Waals surface area contributed by atoms with E-state index in [0.717, 1.165) is 5.56 Å². The van der Waals surface area contributed by atoms with Crippen LogP contribution in [-0.2, 0) is 4.74 Å². The zero-order chi connectivity index (χ0) is 14.5. The monoisotopic (exact) mass is 333 g/mol. The first kappa shape index (κ1) is 14.4. The minimum absolute atomic E-state index is 0.235. The largest absolute Gasteiger partial charge is 0.454 e. The highest BCUT2D eigenvalue weighted by Crippen LogP contribution is 2.11. The fourth-order valence-electron chi connectivity index (χ4n) is 1.56. The van der Waals surface area contributed by atoms with E-state index in [2.05, 4.69) is 20.9 Å². The molecule has 20 heavy (non-hydrogen) atoms. The number of aryl methyl sites for hydroxylation is 1. The zero-order valence-corrected chi connectivity index (χ0v) is 12.4. The van der Waals surface area contributed by atoms with Gasteiger partial charge in [-0.2, -0.15) is 0 Å². The Labute approximate surface area is 124 Å². The van der Waals surface area contributed by atoms with E-state index in [-0.39, 0.29) is 12.4 Å². The summed E-state index contributed by atoms with van der Waals surface area (Å²) in [7, 11) is 0. The molecular formula is C15H12BrNO3. The van der Waals surface area contributed by atoms with Crippen LogP contribution in [0.1, 0.15) is 26.3 Å². The van der Waals surface area contributed by atoms with Gasteiger partial charge >= 0.3 is 5.97 Å². The van der Waals surface area contributed by atoms with Crippen LogP contribution in [0.4, 0.5) is 0 Å². The third-order valence-corrected chi connectivity index (χ3v) is 3.08. The Kier molecular flexibility index (Phi) is 4.63. The molecular weight excluding hydrogens is 322 g/mol. The van der Waals surface area contributed by atoms with Crippen LogP contribution >= 0.6 is 15.9 Å². The number of benzene rings is 1. The quantitative estimate of drug-likeness (QED) is 0.636. The van der Waals surface area contributed by atoms with Crippen molar-refractivity contribution in [2.75, 3.05) is 6.61 Å². The lowest BCUT2D eigenvalue weighted by Gasteiger charge is -2.04. The van der Waals surface area contributed by atoms with Crippen molar-refractivity contribution in [3.05, 3.63) is 63.9 Å². The van der Waals surface area contributed by atoms with Crippen LogP contribution in [0.25, 0.3) is 0 Å². The first-order valence-corrected chi connectivity index (χ1v) is 6.73. The Bertz CT molecular complexity index is 638. The average molecular weight is 334 g/mol. The van der Waals surface area contributed by atoms with E-state index in [1.54, 1.807) is 24.4 Å². The minimum Gasteiger partial charge on any atom is -0.454 e. The molecule has 4 nitrogen and oxygen atoms in total. The predicted molar refractivity (Wildman–Crippen MR) is 77.7 cm³/mol. The highest BCUT2D eigenvalue weighted by atomic mass is 79.9. The second kappa shape index (κ2) is 6.43. The molecule has 0 atom stereocenters. The number of pyridine rings is 1. The molecule has 0 saturated carbocycles. The Morgan fingerprint density at radius 3 is 2.50 bits per heavy atom. The lowest BCUT2D eigenvalue weighted by molar-refractivity contribution is 0.0474. The van der Waals surface area contributed by atoms with E-state index in [4.69, 9.17) is 4.74 Å². The summed E-state index contributed by atoms with van der Waals surface area (Å²) in [6.07, 6.45) is 2.96. The van der Waals surface area contributed by atoms with Crippen LogP contribution in [0, 0.1) is 6.92 Å². The van der Waals surface area contributed by atoms with Gasteiger partial charge in [-0.15, -0.1) is 0 Å². The van der Waals surface area contributed by atoms with Crippen molar-refractivity contribution >= 4 is 27.7 Å². The summed E-state index contributed by atoms with van der Waals surface area (Å²) in [6, 6.07) is 8.70. The van der Waals surface area contributed by atoms with Gasteiger partial charge in [0.25, 0.3) is 0 Å². The number of rotatable bonds is 4. The molecule has 0 spiro atoms. The van der Waals surface area contributed by atoms with Crippen LogP contribution in [0.5, 0.6) is 0 Å². The molecule has 1 aromatic heterocycles. The lowest BCUT2D eigenvalue weighted by Crippen LogP contribution is -2.14. The van der Waals surface area contributed by atoms with Crippen LogP contribution in [0.15, 0.2) is 47.2 Å². The molecule has 0 aliphatic rings. The average Bonchev–Trinajstić information content (AvgIpc) is 2.45. The fourth-order valence-corrected chi connectivity index (χ4v) is 1.93. The Morgan fingerprint density at radius 1 is 1.15 bits per heavy atom. The number of Topliss-reactive ketones (excluding diaryl/α,β-unsaturated/α-hetero) is 1. The van der Waals surface area contributed by atoms with Crippen LogP contribution in [-0.4, -0.2) is 23.3 Å². The Hall–Kier alpha value is -2.01. The summed E-state index contributed by atoms with van der Waals surface area (Å²) in [5, 5.41) is 0. The number of hydrogen-bond donors (Lipinski definition) is 0. The van der Waals surface area contributed by atoms with Gasteiger partial charge < -0.3 is 4.74 Å². The maximum absolute atomic E-state index is 11.9. The normalized spacial score (nSPS) is 10.1. The number of carbonyl (C=O) groups excluding carboxylic acids is 2. The highest BCUT2D eigenvalue weighted by molar-refractivity contribution is 9.10. The SMILES string of the molecule is Cc1ccc(C(=O)COC(=O)c2cncc(Br)c2)cc1. The van der Waals surface area contributed by atoms with Gasteiger partial charge in [0.2, 0.25) is 0 Å². The highest BCUT2D eigenvalue weighted by Gasteiger charge is 2.12. The summed E-state index contributed by atoms with van der Waals surface area (Å²) in [5.74, 6) is -0.805. The molecule has 0 aliphatic heterocycles. The number of ether oxygens (including phenoxy) is 1. The zero-order valence-electron chi connectivity index (χ0n) is 10.8. The molecule has 0 fully saturated rings. The predicted octanol–water partition coefficient (Wildman–Crippen LogP) is 3.19. The number of esters is 1. The summed E-state index contributed by atoms with van der Waals surface area (Å²) >= 11 is 3.22. The number of nitrogens with zero attached hydrogens (tertiary/aromatic N) is 1. The summed E-state index contributed by atoms with van der Waals surface area (Å²) < 4.78 is 5.66. The van der Waals surface area contributed by atoms with Gasteiger partial charge in [0.15, 0.2) is 12.4 Å². The molecule has 0 radical (unpaired) electrons. The first-order chi connectivity index (χ1) is 9.56. The lowest BCUT2D eigenvalue weighted by atomic mass is 10.1. The summed E-state index contributed by atoms with van der Waals surface area (Å²) in [4.78, 5) is 27.5. The molecule has 1 aromatic carbocycles. The molecule has 2 aromatic rings. The van der Waals surface area contributed by atoms with Gasteiger partial charge in [0.1, 0.15) is 0 Å². The van der Waals surface area contributed by atoms with Crippen molar-refractivity contribution in [1.82, 2.24) is 4.98 Å². The number of aromatic nitrogens is 1. The second-order valence-electron chi connectivity index (χ2n) is 4.26. The van der Waals surface area contributed by atoms with E-state index < -0.39 is 5.97 Å². The van der Waals surface area contributed by atoms with Gasteiger partial charge in [0, 0.05) is 22.4 Å². The fraction of sp³-hybridized carbons (Fsp3) is 0.133. The van der Waals surface area contributed by atoms with E-state index in [1.807, 2.05) is 19.1 Å². The third-order valence-electron chi connectivity index (χ3n) is 2.65. The number of carbonyl (C=O) groups is 2. The van der Waals surface area contributed by atoms with Crippen molar-refractivity contribution in [1.29, 1.82) is 0 Å². The van der Waals surface area contributed by atoms with Gasteiger partial charge in [-0.1, -0.05) is 29.8 Å². The van der Waals surface area contributed by atoms with E-state index >= 15 is 0 Å². The molecule has 102 valence electrons. The van der Waals surface area contributed by atoms with Gasteiger partial charge in [0.05, 0.1) is 5.56 Å². The maximum Gasteiger partial charge on any atom is 0.340 e. The summed E-state index contributed by atoms with van der Waals surface area (Å²) in [6.45, 7) is 1.66. The second-order valence-corrected chi connectivity index (χ2v) is 5.17. The van der Waals surface area contributed by atoms with E-state index in [9.17, 15) is 9.59 Å². The van der Waals surface area contributed by atoms with Crippen molar-refractivity contribution in [3.8, 4) is 0 Å². The number of halogens is 1. The molecule has 5 heteroatoms. The topological polar surface area (TPSA) is 56.3 Å². The molecule has 1 heterocycles. The molecule has 0 N–H and O–H groups in total. The van der Waals surface area contributed by atoms with Gasteiger partial charge in [-0.05, 0) is 28.9 Å². The van der Waals surface area contributed by atoms with Crippen LogP contribution in [0.2, 0.25) is 0 Å². The van der Waals surface area contributed by atoms with Crippen molar-refractivity contribution in [3.63, 3.8) is 0 Å². The van der Waals surface area contributed by atoms with Gasteiger partial charge in [-0.3, -0.25) is 9.78 Å². The van der Waals surface area contributed by atoms with Crippen LogP contribution in [0.3, 0.4) is 0 Å².